The van der Waals surface area contributed by atoms with Crippen LogP contribution >= 0.6 is 0 Å². The van der Waals surface area contributed by atoms with E-state index in [0.717, 1.165) is 58.4 Å². The van der Waals surface area contributed by atoms with Crippen molar-refractivity contribution in [1.82, 2.24) is 14.5 Å². The molecule has 5 rings (SSSR count). The predicted octanol–water partition coefficient (Wildman–Crippen LogP) is 5.12. The Morgan fingerprint density at radius 1 is 1.18 bits per heavy atom. The largest absolute Gasteiger partial charge is 0.493 e. The number of rotatable bonds is 5. The number of pyridine rings is 1. The fourth-order valence-corrected chi connectivity index (χ4v) is 6.34. The fraction of sp³-hybridized carbons (Fsp3) is 0.452. The third-order valence-electron chi connectivity index (χ3n) is 7.81. The van der Waals surface area contributed by atoms with Gasteiger partial charge in [0.05, 0.1) is 43.7 Å². The van der Waals surface area contributed by atoms with Crippen molar-refractivity contribution < 1.29 is 19.0 Å². The molecule has 3 unspecified atom stereocenters. The average Bonchev–Trinajstić information content (AvgIpc) is 3.22. The molecule has 3 heterocycles. The molecule has 3 aromatic rings. The minimum absolute atomic E-state index is 0.0206. The molecule has 2 aliphatic rings. The molecule has 204 valence electrons. The zero-order valence-corrected chi connectivity index (χ0v) is 23.6. The van der Waals surface area contributed by atoms with Crippen molar-refractivity contribution in [3.63, 3.8) is 0 Å². The highest BCUT2D eigenvalue weighted by Crippen LogP contribution is 2.45. The van der Waals surface area contributed by atoms with Gasteiger partial charge in [0.2, 0.25) is 5.91 Å². The van der Waals surface area contributed by atoms with E-state index in [-0.39, 0.29) is 24.2 Å². The molecule has 39 heavy (non-hydrogen) atoms. The maximum absolute atomic E-state index is 13.3. The van der Waals surface area contributed by atoms with Crippen molar-refractivity contribution >= 4 is 23.0 Å². The van der Waals surface area contributed by atoms with Crippen molar-refractivity contribution in [2.24, 2.45) is 0 Å². The molecule has 8 nitrogen and oxygen atoms in total. The van der Waals surface area contributed by atoms with Gasteiger partial charge in [0.25, 0.3) is 0 Å². The van der Waals surface area contributed by atoms with E-state index in [4.69, 9.17) is 19.2 Å². The Labute approximate surface area is 229 Å². The van der Waals surface area contributed by atoms with Crippen LogP contribution in [0.4, 0.5) is 0 Å². The average molecular weight is 529 g/mol. The molecule has 1 saturated heterocycles. The molecule has 0 saturated carbocycles. The number of ether oxygens (including phenoxy) is 3. The van der Waals surface area contributed by atoms with Crippen LogP contribution in [0.3, 0.4) is 0 Å². The molecule has 1 aliphatic carbocycles. The van der Waals surface area contributed by atoms with Gasteiger partial charge in [-0.05, 0) is 76.3 Å². The number of nitrogens with zero attached hydrogens (tertiary/aromatic N) is 4. The number of methoxy groups -OCH3 is 2. The summed E-state index contributed by atoms with van der Waals surface area (Å²) in [6.07, 6.45) is 6.05. The second-order valence-electron chi connectivity index (χ2n) is 10.6. The van der Waals surface area contributed by atoms with Gasteiger partial charge >= 0.3 is 0 Å². The van der Waals surface area contributed by atoms with Crippen molar-refractivity contribution in [2.75, 3.05) is 27.3 Å². The van der Waals surface area contributed by atoms with Gasteiger partial charge in [-0.15, -0.1) is 0 Å². The molecule has 2 aromatic heterocycles. The van der Waals surface area contributed by atoms with Crippen LogP contribution in [0.25, 0.3) is 17.1 Å². The lowest BCUT2D eigenvalue weighted by Gasteiger charge is -2.34. The van der Waals surface area contributed by atoms with E-state index < -0.39 is 0 Å². The zero-order valence-electron chi connectivity index (χ0n) is 23.6. The first kappa shape index (κ1) is 26.8. The summed E-state index contributed by atoms with van der Waals surface area (Å²) in [4.78, 5) is 20.0. The Hall–Kier alpha value is -3.83. The van der Waals surface area contributed by atoms with E-state index in [1.807, 2.05) is 44.7 Å². The number of benzene rings is 1. The monoisotopic (exact) mass is 528 g/mol. The Bertz CT molecular complexity index is 1490. The van der Waals surface area contributed by atoms with E-state index in [9.17, 15) is 10.1 Å². The zero-order chi connectivity index (χ0) is 27.8. The molecule has 8 heteroatoms. The van der Waals surface area contributed by atoms with Gasteiger partial charge in [-0.25, -0.2) is 4.98 Å². The van der Waals surface area contributed by atoms with Gasteiger partial charge in [0, 0.05) is 35.8 Å². The number of nitriles is 1. The Balaban J connectivity index is 1.69. The van der Waals surface area contributed by atoms with E-state index in [1.54, 1.807) is 26.4 Å². The number of aromatic nitrogens is 2. The summed E-state index contributed by atoms with van der Waals surface area (Å²) in [6.45, 7) is 9.02. The molecule has 1 amide bonds. The number of hydrogen-bond acceptors (Lipinski definition) is 6. The van der Waals surface area contributed by atoms with Crippen molar-refractivity contribution in [3.8, 4) is 17.6 Å². The smallest absolute Gasteiger partial charge is 0.246 e. The van der Waals surface area contributed by atoms with Gasteiger partial charge in [0.15, 0.2) is 11.5 Å². The molecule has 1 aromatic carbocycles. The lowest BCUT2D eigenvalue weighted by molar-refractivity contribution is -0.137. The van der Waals surface area contributed by atoms with Crippen LogP contribution in [-0.2, 0) is 16.0 Å². The third-order valence-corrected chi connectivity index (χ3v) is 7.81. The van der Waals surface area contributed by atoms with Crippen LogP contribution in [0, 0.1) is 25.2 Å². The maximum Gasteiger partial charge on any atom is 0.246 e. The summed E-state index contributed by atoms with van der Waals surface area (Å²) >= 11 is 0. The van der Waals surface area contributed by atoms with Crippen LogP contribution in [0.1, 0.15) is 66.4 Å². The molecule has 1 fully saturated rings. The number of hydrogen-bond donors (Lipinski definition) is 0. The highest BCUT2D eigenvalue weighted by molar-refractivity contribution is 5.96. The van der Waals surface area contributed by atoms with Crippen LogP contribution in [-0.4, -0.2) is 59.9 Å². The molecule has 0 bridgehead atoms. The minimum Gasteiger partial charge on any atom is -0.493 e. The SMILES string of the molecule is COc1ccc2c(c1OC)CCCC2n1c(/C=C/C(=O)N2CC(C)OC(C)C2)c(C#N)c2c(C)cc(C)nc21. The molecule has 0 spiro atoms. The molecule has 0 N–H and O–H groups in total. The number of amides is 1. The summed E-state index contributed by atoms with van der Waals surface area (Å²) in [6, 6.07) is 8.40. The van der Waals surface area contributed by atoms with E-state index in [2.05, 4.69) is 16.7 Å². The van der Waals surface area contributed by atoms with Crippen LogP contribution in [0.5, 0.6) is 11.5 Å². The van der Waals surface area contributed by atoms with Gasteiger partial charge in [-0.3, -0.25) is 4.79 Å². The standard InChI is InChI=1S/C31H36N4O4/c1-18-14-19(2)33-31-29(18)24(15-32)26(11-13-28(36)34-16-20(3)39-21(4)17-34)35(31)25-9-7-8-23-22(25)10-12-27(37-5)30(23)38-6/h10-14,20-21,25H,7-9,16-17H2,1-6H3/b13-11+. The number of carbonyl (C=O) groups excluding carboxylic acids is 1. The summed E-state index contributed by atoms with van der Waals surface area (Å²) in [5.74, 6) is 1.37. The fourth-order valence-electron chi connectivity index (χ4n) is 6.34. The minimum atomic E-state index is -0.0889. The molecular weight excluding hydrogens is 492 g/mol. The second kappa shape index (κ2) is 10.7. The maximum atomic E-state index is 13.3. The Morgan fingerprint density at radius 2 is 1.92 bits per heavy atom. The molecule has 0 radical (unpaired) electrons. The topological polar surface area (TPSA) is 89.6 Å². The normalized spacial score (nSPS) is 21.2. The van der Waals surface area contributed by atoms with Gasteiger partial charge in [-0.2, -0.15) is 5.26 Å². The van der Waals surface area contributed by atoms with Gasteiger partial charge in [-0.1, -0.05) is 6.07 Å². The van der Waals surface area contributed by atoms with Crippen molar-refractivity contribution in [1.29, 1.82) is 5.26 Å². The van der Waals surface area contributed by atoms with Crippen molar-refractivity contribution in [2.45, 2.75) is 65.2 Å². The highest BCUT2D eigenvalue weighted by Gasteiger charge is 2.31. The van der Waals surface area contributed by atoms with Crippen LogP contribution in [0.2, 0.25) is 0 Å². The highest BCUT2D eigenvalue weighted by atomic mass is 16.5. The number of aryl methyl sites for hydroxylation is 2. The summed E-state index contributed by atoms with van der Waals surface area (Å²) in [5.41, 5.74) is 6.11. The lowest BCUT2D eigenvalue weighted by atomic mass is 9.86. The molecule has 1 aliphatic heterocycles. The lowest BCUT2D eigenvalue weighted by Crippen LogP contribution is -2.47. The third kappa shape index (κ3) is 4.76. The van der Waals surface area contributed by atoms with Gasteiger partial charge in [0.1, 0.15) is 11.7 Å². The summed E-state index contributed by atoms with van der Waals surface area (Å²) < 4.78 is 19.3. The summed E-state index contributed by atoms with van der Waals surface area (Å²) in [7, 11) is 3.32. The Kier molecular flexibility index (Phi) is 7.37. The van der Waals surface area contributed by atoms with Crippen molar-refractivity contribution in [3.05, 3.63) is 57.9 Å². The first-order valence-corrected chi connectivity index (χ1v) is 13.6. The second-order valence-corrected chi connectivity index (χ2v) is 10.6. The number of fused-ring (bicyclic) bond motifs is 2. The first-order chi connectivity index (χ1) is 18.8. The van der Waals surface area contributed by atoms with Crippen LogP contribution < -0.4 is 9.47 Å². The van der Waals surface area contributed by atoms with E-state index in [1.165, 1.54) is 0 Å². The molecular formula is C31H36N4O4. The first-order valence-electron chi connectivity index (χ1n) is 13.6. The van der Waals surface area contributed by atoms with E-state index >= 15 is 0 Å². The molecule has 3 atom stereocenters. The number of carbonyl (C=O) groups is 1. The van der Waals surface area contributed by atoms with Crippen LogP contribution in [0.15, 0.2) is 24.3 Å². The van der Waals surface area contributed by atoms with E-state index in [0.29, 0.717) is 30.1 Å². The number of morpholine rings is 1. The predicted molar refractivity (Wildman–Crippen MR) is 150 cm³/mol. The quantitative estimate of drug-likeness (QED) is 0.427. The Morgan fingerprint density at radius 3 is 2.59 bits per heavy atom. The van der Waals surface area contributed by atoms with Gasteiger partial charge < -0.3 is 23.7 Å². The summed E-state index contributed by atoms with van der Waals surface area (Å²) in [5, 5.41) is 11.2.